The molecule has 1 aromatic rings. The monoisotopic (exact) mass is 350 g/mol. The van der Waals surface area contributed by atoms with E-state index >= 15 is 0 Å². The molecular formula is C21H34O4. The van der Waals surface area contributed by atoms with Crippen molar-refractivity contribution in [2.45, 2.75) is 83.1 Å². The number of rotatable bonds is 9. The van der Waals surface area contributed by atoms with Crippen LogP contribution < -0.4 is 0 Å². The molecule has 0 aliphatic carbocycles. The van der Waals surface area contributed by atoms with Gasteiger partial charge in [-0.1, -0.05) is 58.0 Å². The molecule has 2 atom stereocenters. The van der Waals surface area contributed by atoms with Crippen LogP contribution in [-0.2, 0) is 18.9 Å². The molecule has 4 heteroatoms. The lowest BCUT2D eigenvalue weighted by molar-refractivity contribution is -0.162. The lowest BCUT2D eigenvalue weighted by atomic mass is 9.78. The van der Waals surface area contributed by atoms with Gasteiger partial charge in [-0.25, -0.2) is 0 Å². The first-order chi connectivity index (χ1) is 12.1. The second-order valence-corrected chi connectivity index (χ2v) is 6.81. The zero-order valence-electron chi connectivity index (χ0n) is 16.6. The molecule has 1 aliphatic rings. The average Bonchev–Trinajstić information content (AvgIpc) is 3.13. The minimum absolute atomic E-state index is 0.183. The molecule has 0 aromatic heterocycles. The van der Waals surface area contributed by atoms with Crippen LogP contribution in [0, 0.1) is 0 Å². The van der Waals surface area contributed by atoms with Gasteiger partial charge in [0.2, 0.25) is 0 Å². The average molecular weight is 350 g/mol. The van der Waals surface area contributed by atoms with Crippen LogP contribution >= 0.6 is 0 Å². The minimum Gasteiger partial charge on any atom is -0.375 e. The van der Waals surface area contributed by atoms with Gasteiger partial charge in [-0.3, -0.25) is 0 Å². The summed E-state index contributed by atoms with van der Waals surface area (Å²) in [6, 6.07) is 10.1. The van der Waals surface area contributed by atoms with Crippen LogP contribution in [0.4, 0.5) is 0 Å². The molecule has 25 heavy (non-hydrogen) atoms. The highest BCUT2D eigenvalue weighted by molar-refractivity contribution is 5.18. The maximum Gasteiger partial charge on any atom is 0.185 e. The standard InChI is InChI=1S/C21H34O4/c1-7-20(8-2,22-5)17-18(21(9-3,10-4)23-6)25-19(24-17)16-14-12-11-13-15-16/h11-15,17-19H,7-10H2,1-6H3/t17-,18-/m1/s1. The van der Waals surface area contributed by atoms with Crippen LogP contribution in [0.1, 0.15) is 65.2 Å². The molecular weight excluding hydrogens is 316 g/mol. The first-order valence-electron chi connectivity index (χ1n) is 9.52. The third-order valence-corrected chi connectivity index (χ3v) is 6.13. The summed E-state index contributed by atoms with van der Waals surface area (Å²) in [4.78, 5) is 0. The SMILES string of the molecule is CCC(CC)(OC)[C@@H]1OC(c2ccccc2)O[C@H]1C(CC)(CC)OC. The van der Waals surface area contributed by atoms with Crippen molar-refractivity contribution in [2.24, 2.45) is 0 Å². The van der Waals surface area contributed by atoms with E-state index in [4.69, 9.17) is 18.9 Å². The second-order valence-electron chi connectivity index (χ2n) is 6.81. The van der Waals surface area contributed by atoms with Gasteiger partial charge in [-0.15, -0.1) is 0 Å². The first kappa shape index (κ1) is 20.4. The normalized spacial score (nSPS) is 22.5. The molecule has 4 nitrogen and oxygen atoms in total. The molecule has 0 spiro atoms. The third-order valence-electron chi connectivity index (χ3n) is 6.13. The summed E-state index contributed by atoms with van der Waals surface area (Å²) in [5.74, 6) is 0. The molecule has 0 N–H and O–H groups in total. The van der Waals surface area contributed by atoms with Crippen molar-refractivity contribution < 1.29 is 18.9 Å². The van der Waals surface area contributed by atoms with Crippen molar-refractivity contribution in [2.75, 3.05) is 14.2 Å². The Hall–Kier alpha value is -0.940. The molecule has 0 saturated carbocycles. The molecule has 0 unspecified atom stereocenters. The predicted molar refractivity (Wildman–Crippen MR) is 99.6 cm³/mol. The van der Waals surface area contributed by atoms with Crippen molar-refractivity contribution in [1.29, 1.82) is 0 Å². The lowest BCUT2D eigenvalue weighted by Gasteiger charge is -2.44. The van der Waals surface area contributed by atoms with Crippen LogP contribution in [0.3, 0.4) is 0 Å². The van der Waals surface area contributed by atoms with E-state index in [9.17, 15) is 0 Å². The Morgan fingerprint density at radius 2 is 1.16 bits per heavy atom. The number of benzene rings is 1. The minimum atomic E-state index is -0.392. The van der Waals surface area contributed by atoms with E-state index in [2.05, 4.69) is 27.7 Å². The highest BCUT2D eigenvalue weighted by Crippen LogP contribution is 2.46. The summed E-state index contributed by atoms with van der Waals surface area (Å²) in [6.07, 6.45) is 2.68. The Morgan fingerprint density at radius 3 is 1.48 bits per heavy atom. The maximum absolute atomic E-state index is 6.48. The zero-order valence-corrected chi connectivity index (χ0v) is 16.6. The Bertz CT molecular complexity index is 463. The third kappa shape index (κ3) is 3.63. The van der Waals surface area contributed by atoms with Crippen molar-refractivity contribution in [3.8, 4) is 0 Å². The van der Waals surface area contributed by atoms with Crippen LogP contribution in [0.5, 0.6) is 0 Å². The summed E-state index contributed by atoms with van der Waals surface area (Å²) in [6.45, 7) is 8.59. The van der Waals surface area contributed by atoms with Crippen molar-refractivity contribution in [3.05, 3.63) is 35.9 Å². The maximum atomic E-state index is 6.48. The molecule has 1 aliphatic heterocycles. The molecule has 1 saturated heterocycles. The van der Waals surface area contributed by atoms with Gasteiger partial charge in [-0.2, -0.15) is 0 Å². The van der Waals surface area contributed by atoms with E-state index in [1.54, 1.807) is 14.2 Å². The van der Waals surface area contributed by atoms with Gasteiger partial charge in [0.15, 0.2) is 6.29 Å². The fraction of sp³-hybridized carbons (Fsp3) is 0.714. The largest absolute Gasteiger partial charge is 0.375 e. The Morgan fingerprint density at radius 1 is 0.760 bits per heavy atom. The van der Waals surface area contributed by atoms with Gasteiger partial charge in [0.05, 0.1) is 11.2 Å². The number of hydrogen-bond acceptors (Lipinski definition) is 4. The van der Waals surface area contributed by atoms with E-state index < -0.39 is 6.29 Å². The van der Waals surface area contributed by atoms with Crippen LogP contribution in [0.15, 0.2) is 30.3 Å². The summed E-state index contributed by atoms with van der Waals surface area (Å²) in [7, 11) is 3.55. The van der Waals surface area contributed by atoms with Crippen LogP contribution in [0.25, 0.3) is 0 Å². The molecule has 0 amide bonds. The van der Waals surface area contributed by atoms with E-state index in [1.807, 2.05) is 30.3 Å². The predicted octanol–water partition coefficient (Wildman–Crippen LogP) is 4.88. The van der Waals surface area contributed by atoms with Gasteiger partial charge < -0.3 is 18.9 Å². The van der Waals surface area contributed by atoms with Crippen molar-refractivity contribution >= 4 is 0 Å². The van der Waals surface area contributed by atoms with Gasteiger partial charge in [-0.05, 0) is 25.7 Å². The van der Waals surface area contributed by atoms with Gasteiger partial charge in [0, 0.05) is 19.8 Å². The number of methoxy groups -OCH3 is 2. The molecule has 0 bridgehead atoms. The van der Waals surface area contributed by atoms with E-state index in [-0.39, 0.29) is 23.4 Å². The molecule has 0 radical (unpaired) electrons. The smallest absolute Gasteiger partial charge is 0.185 e. The summed E-state index contributed by atoms with van der Waals surface area (Å²) in [5, 5.41) is 0. The van der Waals surface area contributed by atoms with E-state index in [0.717, 1.165) is 31.2 Å². The number of ether oxygens (including phenoxy) is 4. The summed E-state index contributed by atoms with van der Waals surface area (Å²) in [5.41, 5.74) is 0.259. The highest BCUT2D eigenvalue weighted by atomic mass is 16.7. The Labute approximate surface area is 152 Å². The Balaban J connectivity index is 2.44. The zero-order chi connectivity index (χ0) is 18.5. The molecule has 1 heterocycles. The highest BCUT2D eigenvalue weighted by Gasteiger charge is 2.56. The molecule has 1 aromatic carbocycles. The fourth-order valence-electron chi connectivity index (χ4n) is 4.12. The van der Waals surface area contributed by atoms with Crippen molar-refractivity contribution in [3.63, 3.8) is 0 Å². The quantitative estimate of drug-likeness (QED) is 0.636. The first-order valence-corrected chi connectivity index (χ1v) is 9.52. The summed E-state index contributed by atoms with van der Waals surface area (Å²) < 4.78 is 25.0. The lowest BCUT2D eigenvalue weighted by Crippen LogP contribution is -2.57. The molecule has 1 fully saturated rings. The summed E-state index contributed by atoms with van der Waals surface area (Å²) >= 11 is 0. The molecule has 142 valence electrons. The van der Waals surface area contributed by atoms with Crippen LogP contribution in [-0.4, -0.2) is 37.6 Å². The van der Waals surface area contributed by atoms with E-state index in [1.165, 1.54) is 0 Å². The second kappa shape index (κ2) is 8.63. The van der Waals surface area contributed by atoms with Gasteiger partial charge >= 0.3 is 0 Å². The van der Waals surface area contributed by atoms with E-state index in [0.29, 0.717) is 0 Å². The van der Waals surface area contributed by atoms with Gasteiger partial charge in [0.25, 0.3) is 0 Å². The van der Waals surface area contributed by atoms with Crippen molar-refractivity contribution in [1.82, 2.24) is 0 Å². The fourth-order valence-corrected chi connectivity index (χ4v) is 4.12. The Kier molecular flexibility index (Phi) is 7.03. The topological polar surface area (TPSA) is 36.9 Å². The van der Waals surface area contributed by atoms with Gasteiger partial charge in [0.1, 0.15) is 12.2 Å². The molecule has 2 rings (SSSR count). The number of hydrogen-bond donors (Lipinski definition) is 0. The van der Waals surface area contributed by atoms with Crippen LogP contribution in [0.2, 0.25) is 0 Å².